The summed E-state index contributed by atoms with van der Waals surface area (Å²) in [6.07, 6.45) is 5.19. The minimum absolute atomic E-state index is 0.00795. The zero-order chi connectivity index (χ0) is 19.1. The molecule has 2 N–H and O–H groups in total. The second-order valence-electron chi connectivity index (χ2n) is 7.49. The van der Waals surface area contributed by atoms with Crippen molar-refractivity contribution in [2.75, 3.05) is 51.1 Å². The summed E-state index contributed by atoms with van der Waals surface area (Å²) in [6.45, 7) is 6.71. The molecule has 1 aromatic rings. The van der Waals surface area contributed by atoms with Gasteiger partial charge in [-0.05, 0) is 50.7 Å². The number of fused-ring (bicyclic) bond motifs is 1. The van der Waals surface area contributed by atoms with E-state index in [1.807, 2.05) is 4.90 Å². The third-order valence-electron chi connectivity index (χ3n) is 5.19. The molecule has 2 aliphatic heterocycles. The highest BCUT2D eigenvalue weighted by Gasteiger charge is 2.21. The number of rotatable bonds is 7. The molecule has 0 aliphatic carbocycles. The number of carbonyl (C=O) groups is 2. The monoisotopic (exact) mass is 373 g/mol. The third kappa shape index (κ3) is 5.92. The lowest BCUT2D eigenvalue weighted by atomic mass is 10.1. The third-order valence-corrected chi connectivity index (χ3v) is 5.19. The van der Waals surface area contributed by atoms with Crippen molar-refractivity contribution in [3.05, 3.63) is 23.4 Å². The lowest BCUT2D eigenvalue weighted by Crippen LogP contribution is -2.52. The minimum Gasteiger partial charge on any atom is -0.370 e. The first kappa shape index (κ1) is 19.6. The largest absolute Gasteiger partial charge is 0.370 e. The van der Waals surface area contributed by atoms with E-state index in [2.05, 4.69) is 27.7 Å². The summed E-state index contributed by atoms with van der Waals surface area (Å²) in [5, 5.41) is 6.39. The van der Waals surface area contributed by atoms with Gasteiger partial charge in [-0.2, -0.15) is 0 Å². The number of urea groups is 1. The summed E-state index contributed by atoms with van der Waals surface area (Å²) in [4.78, 5) is 32.0. The molecule has 0 radical (unpaired) electrons. The molecule has 2 amide bonds. The molecule has 0 unspecified atom stereocenters. The molecule has 0 atom stereocenters. The van der Waals surface area contributed by atoms with E-state index < -0.39 is 0 Å². The van der Waals surface area contributed by atoms with Crippen molar-refractivity contribution in [2.45, 2.75) is 39.0 Å². The molecule has 1 aromatic heterocycles. The van der Waals surface area contributed by atoms with Crippen LogP contribution in [0.3, 0.4) is 0 Å². The lowest BCUT2D eigenvalue weighted by Gasteiger charge is -2.34. The Morgan fingerprint density at radius 3 is 2.78 bits per heavy atom. The van der Waals surface area contributed by atoms with E-state index in [-0.39, 0.29) is 11.8 Å². The second-order valence-corrected chi connectivity index (χ2v) is 7.49. The van der Waals surface area contributed by atoms with E-state index in [0.717, 1.165) is 56.8 Å². The molecule has 2 aliphatic rings. The second kappa shape index (κ2) is 9.69. The van der Waals surface area contributed by atoms with Gasteiger partial charge in [0, 0.05) is 45.0 Å². The van der Waals surface area contributed by atoms with Crippen molar-refractivity contribution in [1.29, 1.82) is 0 Å². The Labute approximate surface area is 161 Å². The average Bonchev–Trinajstić information content (AvgIpc) is 2.67. The normalized spacial score (nSPS) is 17.1. The van der Waals surface area contributed by atoms with E-state index in [9.17, 15) is 9.59 Å². The maximum Gasteiger partial charge on any atom is 0.317 e. The number of pyridine rings is 1. The highest BCUT2D eigenvalue weighted by molar-refractivity contribution is 5.77. The van der Waals surface area contributed by atoms with Crippen LogP contribution in [-0.4, -0.2) is 72.4 Å². The molecule has 7 heteroatoms. The van der Waals surface area contributed by atoms with Gasteiger partial charge in [0.2, 0.25) is 0 Å². The number of piperazine rings is 1. The van der Waals surface area contributed by atoms with Gasteiger partial charge in [0.05, 0.1) is 6.54 Å². The Morgan fingerprint density at radius 2 is 2.00 bits per heavy atom. The van der Waals surface area contributed by atoms with Crippen molar-refractivity contribution < 1.29 is 9.59 Å². The van der Waals surface area contributed by atoms with Crippen LogP contribution in [0, 0.1) is 0 Å². The number of aromatic nitrogens is 1. The van der Waals surface area contributed by atoms with E-state index in [4.69, 9.17) is 4.98 Å². The maximum atomic E-state index is 12.2. The summed E-state index contributed by atoms with van der Waals surface area (Å²) >= 11 is 0. The van der Waals surface area contributed by atoms with E-state index >= 15 is 0 Å². The van der Waals surface area contributed by atoms with Gasteiger partial charge in [-0.1, -0.05) is 6.07 Å². The van der Waals surface area contributed by atoms with Crippen LogP contribution in [0.15, 0.2) is 12.1 Å². The Hall–Kier alpha value is -2.15. The van der Waals surface area contributed by atoms with Crippen LogP contribution in [0.4, 0.5) is 10.6 Å². The average molecular weight is 374 g/mol. The van der Waals surface area contributed by atoms with Gasteiger partial charge in [-0.25, -0.2) is 9.78 Å². The first-order valence-corrected chi connectivity index (χ1v) is 10.1. The van der Waals surface area contributed by atoms with Crippen LogP contribution in [0.1, 0.15) is 37.4 Å². The van der Waals surface area contributed by atoms with Crippen LogP contribution in [0.5, 0.6) is 0 Å². The Balaban J connectivity index is 1.30. The molecule has 7 nitrogen and oxygen atoms in total. The predicted octanol–water partition coefficient (Wildman–Crippen LogP) is 1.68. The number of carbonyl (C=O) groups excluding carboxylic acids is 2. The number of Topliss-reactive ketones (excluding diaryl/α,β-unsaturated/α-hetero) is 1. The van der Waals surface area contributed by atoms with E-state index in [1.54, 1.807) is 6.92 Å². The van der Waals surface area contributed by atoms with Gasteiger partial charge in [0.25, 0.3) is 0 Å². The Bertz CT molecular complexity index is 656. The van der Waals surface area contributed by atoms with Crippen molar-refractivity contribution in [3.8, 4) is 0 Å². The quantitative estimate of drug-likeness (QED) is 0.711. The van der Waals surface area contributed by atoms with Gasteiger partial charge in [0.15, 0.2) is 0 Å². The highest BCUT2D eigenvalue weighted by atomic mass is 16.2. The van der Waals surface area contributed by atoms with Crippen LogP contribution < -0.4 is 10.6 Å². The standard InChI is InChI=1S/C20H31N5O2/c1-16(26)15-24-11-13-25(14-12-24)20(27)22-9-3-2-6-18-8-7-17-5-4-10-21-19(17)23-18/h7-8H,2-6,9-15H2,1H3,(H,21,23)(H,22,27). The predicted molar refractivity (Wildman–Crippen MR) is 106 cm³/mol. The molecule has 0 bridgehead atoms. The molecule has 1 fully saturated rings. The van der Waals surface area contributed by atoms with Crippen molar-refractivity contribution in [1.82, 2.24) is 20.1 Å². The number of unbranched alkanes of at least 4 members (excludes halogenated alkanes) is 1. The maximum absolute atomic E-state index is 12.2. The number of nitrogens with one attached hydrogen (secondary N) is 2. The van der Waals surface area contributed by atoms with Gasteiger partial charge in [-0.3, -0.25) is 9.69 Å². The number of ketones is 1. The van der Waals surface area contributed by atoms with Gasteiger partial charge in [-0.15, -0.1) is 0 Å². The molecule has 0 aromatic carbocycles. The fraction of sp³-hybridized carbons (Fsp3) is 0.650. The highest BCUT2D eigenvalue weighted by Crippen LogP contribution is 2.20. The smallest absolute Gasteiger partial charge is 0.317 e. The Kier molecular flexibility index (Phi) is 7.04. The SMILES string of the molecule is CC(=O)CN1CCN(C(=O)NCCCCc2ccc3c(n2)NCCC3)CC1. The zero-order valence-electron chi connectivity index (χ0n) is 16.3. The summed E-state index contributed by atoms with van der Waals surface area (Å²) in [5.74, 6) is 1.23. The van der Waals surface area contributed by atoms with Crippen LogP contribution >= 0.6 is 0 Å². The van der Waals surface area contributed by atoms with Crippen LogP contribution in [0.2, 0.25) is 0 Å². The van der Waals surface area contributed by atoms with Crippen molar-refractivity contribution >= 4 is 17.6 Å². The fourth-order valence-corrected chi connectivity index (χ4v) is 3.67. The van der Waals surface area contributed by atoms with Crippen molar-refractivity contribution in [2.24, 2.45) is 0 Å². The first-order chi connectivity index (χ1) is 13.1. The number of aryl methyl sites for hydroxylation is 2. The topological polar surface area (TPSA) is 77.6 Å². The molecule has 3 rings (SSSR count). The molecule has 3 heterocycles. The fourth-order valence-electron chi connectivity index (χ4n) is 3.67. The Morgan fingerprint density at radius 1 is 1.19 bits per heavy atom. The molecule has 27 heavy (non-hydrogen) atoms. The number of amides is 2. The van der Waals surface area contributed by atoms with Crippen molar-refractivity contribution in [3.63, 3.8) is 0 Å². The molecule has 1 saturated heterocycles. The summed E-state index contributed by atoms with van der Waals surface area (Å²) in [6, 6.07) is 4.33. The summed E-state index contributed by atoms with van der Waals surface area (Å²) in [5.41, 5.74) is 2.44. The van der Waals surface area contributed by atoms with Gasteiger partial charge >= 0.3 is 6.03 Å². The molecular formula is C20H31N5O2. The number of hydrogen-bond acceptors (Lipinski definition) is 5. The molecule has 0 spiro atoms. The zero-order valence-corrected chi connectivity index (χ0v) is 16.3. The summed E-state index contributed by atoms with van der Waals surface area (Å²) < 4.78 is 0. The van der Waals surface area contributed by atoms with Gasteiger partial charge in [0.1, 0.15) is 11.6 Å². The minimum atomic E-state index is 0.00795. The molecule has 0 saturated carbocycles. The van der Waals surface area contributed by atoms with E-state index in [1.165, 1.54) is 12.0 Å². The number of nitrogens with zero attached hydrogens (tertiary/aromatic N) is 3. The first-order valence-electron chi connectivity index (χ1n) is 10.1. The number of anilines is 1. The number of hydrogen-bond donors (Lipinski definition) is 2. The van der Waals surface area contributed by atoms with E-state index in [0.29, 0.717) is 26.2 Å². The lowest BCUT2D eigenvalue weighted by molar-refractivity contribution is -0.118. The van der Waals surface area contributed by atoms with Crippen LogP contribution in [0.25, 0.3) is 0 Å². The van der Waals surface area contributed by atoms with Gasteiger partial charge < -0.3 is 15.5 Å². The molecule has 148 valence electrons. The van der Waals surface area contributed by atoms with Crippen LogP contribution in [-0.2, 0) is 17.6 Å². The summed E-state index contributed by atoms with van der Waals surface area (Å²) in [7, 11) is 0. The molecular weight excluding hydrogens is 342 g/mol.